The molecule has 0 bridgehead atoms. The van der Waals surface area contributed by atoms with Gasteiger partial charge in [-0.25, -0.2) is 0 Å². The predicted octanol–water partition coefficient (Wildman–Crippen LogP) is 1.47. The molecule has 1 fully saturated rings. The number of nitrogens with two attached hydrogens (primary N) is 1. The highest BCUT2D eigenvalue weighted by molar-refractivity contribution is 5.99. The van der Waals surface area contributed by atoms with E-state index < -0.39 is 0 Å². The van der Waals surface area contributed by atoms with Crippen molar-refractivity contribution in [2.24, 2.45) is 11.7 Å². The lowest BCUT2D eigenvalue weighted by Gasteiger charge is -2.23. The molecule has 2 unspecified atom stereocenters. The zero-order valence-corrected chi connectivity index (χ0v) is 14.6. The van der Waals surface area contributed by atoms with E-state index in [1.54, 1.807) is 12.1 Å². The third-order valence-corrected chi connectivity index (χ3v) is 4.29. The Morgan fingerprint density at radius 1 is 1.33 bits per heavy atom. The number of amides is 2. The van der Waals surface area contributed by atoms with Gasteiger partial charge in [0.05, 0.1) is 19.9 Å². The highest BCUT2D eigenvalue weighted by Crippen LogP contribution is 2.37. The number of hydrogen-bond acceptors (Lipinski definition) is 5. The van der Waals surface area contributed by atoms with Crippen molar-refractivity contribution in [2.45, 2.75) is 26.3 Å². The van der Waals surface area contributed by atoms with Gasteiger partial charge < -0.3 is 25.4 Å². The van der Waals surface area contributed by atoms with Crippen molar-refractivity contribution < 1.29 is 19.1 Å². The molecule has 2 rings (SSSR count). The Labute approximate surface area is 142 Å². The van der Waals surface area contributed by atoms with Crippen LogP contribution in [0.2, 0.25) is 0 Å². The molecule has 7 heteroatoms. The molecule has 0 aliphatic carbocycles. The normalized spacial score (nSPS) is 20.0. The number of nitrogens with zero attached hydrogens (tertiary/aromatic N) is 1. The third-order valence-electron chi connectivity index (χ3n) is 4.29. The Hall–Kier alpha value is -2.28. The largest absolute Gasteiger partial charge is 0.493 e. The van der Waals surface area contributed by atoms with Crippen LogP contribution in [0.5, 0.6) is 11.5 Å². The minimum atomic E-state index is -0.252. The molecule has 0 radical (unpaired) electrons. The van der Waals surface area contributed by atoms with Crippen LogP contribution in [0.1, 0.15) is 30.6 Å². The second-order valence-corrected chi connectivity index (χ2v) is 6.08. The third kappa shape index (κ3) is 3.62. The predicted molar refractivity (Wildman–Crippen MR) is 91.5 cm³/mol. The van der Waals surface area contributed by atoms with Crippen molar-refractivity contribution >= 4 is 17.5 Å². The van der Waals surface area contributed by atoms with Crippen molar-refractivity contribution in [2.75, 3.05) is 32.6 Å². The molecule has 0 spiro atoms. The number of likely N-dealkylation sites (tertiary alicyclic amines) is 1. The number of benzene rings is 1. The molecule has 2 amide bonds. The molecule has 2 atom stereocenters. The molecule has 0 aromatic heterocycles. The maximum absolute atomic E-state index is 12.9. The first-order valence-electron chi connectivity index (χ1n) is 7.95. The van der Waals surface area contributed by atoms with Crippen molar-refractivity contribution in [1.82, 2.24) is 4.90 Å². The lowest BCUT2D eigenvalue weighted by Crippen LogP contribution is -2.34. The maximum Gasteiger partial charge on any atom is 0.254 e. The van der Waals surface area contributed by atoms with E-state index in [-0.39, 0.29) is 17.9 Å². The molecular formula is C17H25N3O4. The average molecular weight is 335 g/mol. The highest BCUT2D eigenvalue weighted by Gasteiger charge is 2.32. The number of rotatable bonds is 5. The standard InChI is InChI=1S/C17H25N3O4/c1-10-5-12(8-18)9-20(10)17(22)13-6-14(19-11(2)21)16(24-4)15(7-13)23-3/h6-7,10,12H,5,8-9,18H2,1-4H3,(H,19,21). The van der Waals surface area contributed by atoms with Gasteiger partial charge in [-0.3, -0.25) is 9.59 Å². The van der Waals surface area contributed by atoms with Gasteiger partial charge in [0.1, 0.15) is 0 Å². The minimum absolute atomic E-state index is 0.106. The van der Waals surface area contributed by atoms with Gasteiger partial charge in [0.15, 0.2) is 11.5 Å². The summed E-state index contributed by atoms with van der Waals surface area (Å²) in [6.07, 6.45) is 0.897. The summed E-state index contributed by atoms with van der Waals surface area (Å²) in [5.41, 5.74) is 6.59. The van der Waals surface area contributed by atoms with Gasteiger partial charge >= 0.3 is 0 Å². The van der Waals surface area contributed by atoms with Crippen molar-refractivity contribution in [1.29, 1.82) is 0 Å². The first kappa shape index (κ1) is 18.1. The molecule has 7 nitrogen and oxygen atoms in total. The Morgan fingerprint density at radius 3 is 2.54 bits per heavy atom. The summed E-state index contributed by atoms with van der Waals surface area (Å²) in [4.78, 5) is 26.2. The molecule has 1 aromatic carbocycles. The summed E-state index contributed by atoms with van der Waals surface area (Å²) < 4.78 is 10.6. The highest BCUT2D eigenvalue weighted by atomic mass is 16.5. The number of ether oxygens (including phenoxy) is 2. The fourth-order valence-electron chi connectivity index (χ4n) is 3.13. The zero-order valence-electron chi connectivity index (χ0n) is 14.6. The zero-order chi connectivity index (χ0) is 17.9. The monoisotopic (exact) mass is 335 g/mol. The SMILES string of the molecule is COc1cc(C(=O)N2CC(CN)CC2C)cc(NC(C)=O)c1OC. The first-order valence-corrected chi connectivity index (χ1v) is 7.95. The molecule has 24 heavy (non-hydrogen) atoms. The van der Waals surface area contributed by atoms with E-state index >= 15 is 0 Å². The summed E-state index contributed by atoms with van der Waals surface area (Å²) >= 11 is 0. The van der Waals surface area contributed by atoms with Gasteiger partial charge in [0, 0.05) is 25.1 Å². The fraction of sp³-hybridized carbons (Fsp3) is 0.529. The average Bonchev–Trinajstić information content (AvgIpc) is 2.93. The molecule has 1 heterocycles. The molecule has 1 aliphatic rings. The van der Waals surface area contributed by atoms with Gasteiger partial charge in [-0.2, -0.15) is 0 Å². The molecular weight excluding hydrogens is 310 g/mol. The maximum atomic E-state index is 12.9. The van der Waals surface area contributed by atoms with Crippen LogP contribution < -0.4 is 20.5 Å². The van der Waals surface area contributed by atoms with Crippen LogP contribution in [-0.4, -0.2) is 50.1 Å². The van der Waals surface area contributed by atoms with Crippen molar-refractivity contribution in [3.05, 3.63) is 17.7 Å². The number of nitrogens with one attached hydrogen (secondary N) is 1. The van der Waals surface area contributed by atoms with Crippen LogP contribution >= 0.6 is 0 Å². The van der Waals surface area contributed by atoms with E-state index in [0.717, 1.165) is 6.42 Å². The summed E-state index contributed by atoms with van der Waals surface area (Å²) in [5, 5.41) is 2.68. The van der Waals surface area contributed by atoms with E-state index in [2.05, 4.69) is 5.32 Å². The molecule has 1 aromatic rings. The number of methoxy groups -OCH3 is 2. The lowest BCUT2D eigenvalue weighted by molar-refractivity contribution is -0.114. The lowest BCUT2D eigenvalue weighted by atomic mass is 10.1. The van der Waals surface area contributed by atoms with Crippen molar-refractivity contribution in [3.8, 4) is 11.5 Å². The quantitative estimate of drug-likeness (QED) is 0.850. The van der Waals surface area contributed by atoms with Gasteiger partial charge in [-0.1, -0.05) is 0 Å². The summed E-state index contributed by atoms with van der Waals surface area (Å²) in [6, 6.07) is 3.38. The fourth-order valence-corrected chi connectivity index (χ4v) is 3.13. The van der Waals surface area contributed by atoms with E-state index in [0.29, 0.717) is 41.8 Å². The van der Waals surface area contributed by atoms with Crippen LogP contribution in [-0.2, 0) is 4.79 Å². The van der Waals surface area contributed by atoms with Crippen LogP contribution in [0.3, 0.4) is 0 Å². The summed E-state index contributed by atoms with van der Waals surface area (Å²) in [6.45, 7) is 4.62. The number of carbonyl (C=O) groups excluding carboxylic acids is 2. The first-order chi connectivity index (χ1) is 11.4. The van der Waals surface area contributed by atoms with E-state index in [1.165, 1.54) is 21.1 Å². The molecule has 132 valence electrons. The van der Waals surface area contributed by atoms with Gasteiger partial charge in [-0.15, -0.1) is 0 Å². The Kier molecular flexibility index (Phi) is 5.66. The smallest absolute Gasteiger partial charge is 0.254 e. The Bertz CT molecular complexity index is 633. The molecule has 1 aliphatic heterocycles. The van der Waals surface area contributed by atoms with E-state index in [1.807, 2.05) is 11.8 Å². The summed E-state index contributed by atoms with van der Waals surface area (Å²) in [7, 11) is 2.98. The Morgan fingerprint density at radius 2 is 2.04 bits per heavy atom. The van der Waals surface area contributed by atoms with Crippen LogP contribution in [0.15, 0.2) is 12.1 Å². The number of carbonyl (C=O) groups is 2. The van der Waals surface area contributed by atoms with Crippen molar-refractivity contribution in [3.63, 3.8) is 0 Å². The van der Waals surface area contributed by atoms with E-state index in [4.69, 9.17) is 15.2 Å². The molecule has 3 N–H and O–H groups in total. The second-order valence-electron chi connectivity index (χ2n) is 6.08. The second kappa shape index (κ2) is 7.53. The van der Waals surface area contributed by atoms with Gasteiger partial charge in [0.2, 0.25) is 5.91 Å². The van der Waals surface area contributed by atoms with E-state index in [9.17, 15) is 9.59 Å². The molecule has 0 saturated carbocycles. The number of anilines is 1. The minimum Gasteiger partial charge on any atom is -0.493 e. The summed E-state index contributed by atoms with van der Waals surface area (Å²) in [5.74, 6) is 0.746. The van der Waals surface area contributed by atoms with Gasteiger partial charge in [0.25, 0.3) is 5.91 Å². The van der Waals surface area contributed by atoms with Crippen LogP contribution in [0, 0.1) is 5.92 Å². The van der Waals surface area contributed by atoms with Crippen LogP contribution in [0.4, 0.5) is 5.69 Å². The van der Waals surface area contributed by atoms with Gasteiger partial charge in [-0.05, 0) is 37.9 Å². The van der Waals surface area contributed by atoms with Crippen LogP contribution in [0.25, 0.3) is 0 Å². The topological polar surface area (TPSA) is 93.9 Å². The Balaban J connectivity index is 2.39. The molecule has 1 saturated heterocycles. The number of hydrogen-bond donors (Lipinski definition) is 2.